The van der Waals surface area contributed by atoms with Crippen molar-refractivity contribution in [2.75, 3.05) is 24.6 Å². The number of piperidine rings is 1. The van der Waals surface area contributed by atoms with Crippen molar-refractivity contribution < 1.29 is 10.0 Å². The van der Waals surface area contributed by atoms with Gasteiger partial charge >= 0.3 is 0 Å². The molecule has 1 saturated heterocycles. The first kappa shape index (κ1) is 13.8. The number of aliphatic hydroxyl groups is 1. The molecule has 110 valence electrons. The Balaban J connectivity index is 2.07. The molecule has 1 aliphatic heterocycles. The number of pyridine rings is 1. The Morgan fingerprint density at radius 2 is 2.24 bits per heavy atom. The zero-order valence-corrected chi connectivity index (χ0v) is 11.6. The van der Waals surface area contributed by atoms with Gasteiger partial charge in [0.05, 0.1) is 10.3 Å². The van der Waals surface area contributed by atoms with Crippen LogP contribution in [0.3, 0.4) is 0 Å². The maximum Gasteiger partial charge on any atom is 0.278 e. The van der Waals surface area contributed by atoms with Crippen molar-refractivity contribution >= 4 is 22.1 Å². The smallest absolute Gasteiger partial charge is 0.278 e. The first-order chi connectivity index (χ1) is 10.2. The fourth-order valence-electron chi connectivity index (χ4n) is 3.03. The molecule has 1 atom stereocenters. The van der Waals surface area contributed by atoms with Crippen LogP contribution in [0.25, 0.3) is 10.8 Å². The minimum Gasteiger partial charge on any atom is -0.396 e. The second-order valence-corrected chi connectivity index (χ2v) is 5.42. The number of benzene rings is 1. The molecule has 0 bridgehead atoms. The van der Waals surface area contributed by atoms with E-state index < -0.39 is 0 Å². The highest BCUT2D eigenvalue weighted by atomic mass is 16.6. The van der Waals surface area contributed by atoms with Crippen LogP contribution in [-0.2, 0) is 0 Å². The highest BCUT2D eigenvalue weighted by Gasteiger charge is 2.23. The molecule has 1 N–H and O–H groups in total. The summed E-state index contributed by atoms with van der Waals surface area (Å²) in [7, 11) is 0. The van der Waals surface area contributed by atoms with Gasteiger partial charge < -0.3 is 10.0 Å². The topological polar surface area (TPSA) is 79.5 Å². The fraction of sp³-hybridized carbons (Fsp3) is 0.400. The van der Waals surface area contributed by atoms with Gasteiger partial charge in [-0.2, -0.15) is 0 Å². The molecule has 6 nitrogen and oxygen atoms in total. The first-order valence-corrected chi connectivity index (χ1v) is 7.07. The van der Waals surface area contributed by atoms with Crippen molar-refractivity contribution in [2.24, 2.45) is 5.92 Å². The molecule has 3 rings (SSSR count). The maximum atomic E-state index is 11.1. The Hall–Kier alpha value is -2.21. The molecule has 1 aromatic heterocycles. The zero-order chi connectivity index (χ0) is 14.8. The van der Waals surface area contributed by atoms with Crippen molar-refractivity contribution in [3.63, 3.8) is 0 Å². The van der Waals surface area contributed by atoms with Crippen LogP contribution in [0.4, 0.5) is 11.4 Å². The van der Waals surface area contributed by atoms with Crippen LogP contribution >= 0.6 is 0 Å². The number of fused-ring (bicyclic) bond motifs is 1. The third-order valence-electron chi connectivity index (χ3n) is 4.09. The molecule has 6 heteroatoms. The van der Waals surface area contributed by atoms with Crippen LogP contribution in [0, 0.1) is 16.0 Å². The second kappa shape index (κ2) is 5.65. The zero-order valence-electron chi connectivity index (χ0n) is 11.6. The lowest BCUT2D eigenvalue weighted by atomic mass is 9.97. The van der Waals surface area contributed by atoms with E-state index >= 15 is 0 Å². The third kappa shape index (κ3) is 2.54. The van der Waals surface area contributed by atoms with Gasteiger partial charge in [0.2, 0.25) is 0 Å². The lowest BCUT2D eigenvalue weighted by Gasteiger charge is -2.34. The number of nitro benzene ring substituents is 1. The van der Waals surface area contributed by atoms with Gasteiger partial charge in [0.25, 0.3) is 5.69 Å². The molecule has 21 heavy (non-hydrogen) atoms. The van der Waals surface area contributed by atoms with Gasteiger partial charge in [0.15, 0.2) is 0 Å². The summed E-state index contributed by atoms with van der Waals surface area (Å²) in [6.45, 7) is 1.88. The molecule has 1 aliphatic rings. The number of anilines is 1. The molecule has 0 saturated carbocycles. The molecule has 0 unspecified atom stereocenters. The van der Waals surface area contributed by atoms with E-state index in [0.717, 1.165) is 37.0 Å². The summed E-state index contributed by atoms with van der Waals surface area (Å²) in [6.07, 6.45) is 5.25. The van der Waals surface area contributed by atoms with Crippen LogP contribution in [0.15, 0.2) is 30.6 Å². The Bertz CT molecular complexity index is 674. The quantitative estimate of drug-likeness (QED) is 0.692. The number of nitro groups is 1. The lowest BCUT2D eigenvalue weighted by Crippen LogP contribution is -2.36. The standard InChI is InChI=1S/C15H17N3O3/c19-10-11-2-1-7-17(9-11)14-3-4-15(18(20)21)13-8-16-6-5-12(13)14/h3-6,8,11,19H,1-2,7,9-10H2/t11-/m1/s1. The Kier molecular flexibility index (Phi) is 3.70. The Labute approximate surface area is 122 Å². The van der Waals surface area contributed by atoms with E-state index in [-0.39, 0.29) is 23.1 Å². The van der Waals surface area contributed by atoms with Crippen LogP contribution in [-0.4, -0.2) is 34.7 Å². The van der Waals surface area contributed by atoms with Gasteiger partial charge in [-0.05, 0) is 30.9 Å². The number of non-ortho nitro benzene ring substituents is 1. The van der Waals surface area contributed by atoms with Crippen molar-refractivity contribution in [2.45, 2.75) is 12.8 Å². The van der Waals surface area contributed by atoms with Crippen LogP contribution < -0.4 is 4.90 Å². The summed E-state index contributed by atoms with van der Waals surface area (Å²) < 4.78 is 0. The molecule has 1 aromatic carbocycles. The van der Waals surface area contributed by atoms with E-state index in [9.17, 15) is 15.2 Å². The molecular formula is C15H17N3O3. The largest absolute Gasteiger partial charge is 0.396 e. The van der Waals surface area contributed by atoms with Gasteiger partial charge in [-0.3, -0.25) is 15.1 Å². The molecule has 2 aromatic rings. The predicted octanol–water partition coefficient (Wildman–Crippen LogP) is 2.35. The van der Waals surface area contributed by atoms with Gasteiger partial charge in [-0.25, -0.2) is 0 Å². The predicted molar refractivity (Wildman–Crippen MR) is 80.4 cm³/mol. The maximum absolute atomic E-state index is 11.1. The number of rotatable bonds is 3. The molecule has 0 aliphatic carbocycles. The van der Waals surface area contributed by atoms with Crippen molar-refractivity contribution in [3.8, 4) is 0 Å². The normalized spacial score (nSPS) is 18.9. The van der Waals surface area contributed by atoms with Crippen LogP contribution in [0.1, 0.15) is 12.8 Å². The lowest BCUT2D eigenvalue weighted by molar-refractivity contribution is -0.383. The summed E-state index contributed by atoms with van der Waals surface area (Å²) in [5.41, 5.74) is 1.06. The average Bonchev–Trinajstić information content (AvgIpc) is 2.53. The van der Waals surface area contributed by atoms with Gasteiger partial charge in [0.1, 0.15) is 0 Å². The molecule has 1 fully saturated rings. The average molecular weight is 287 g/mol. The first-order valence-electron chi connectivity index (χ1n) is 7.07. The highest BCUT2D eigenvalue weighted by molar-refractivity contribution is 5.99. The summed E-state index contributed by atoms with van der Waals surface area (Å²) in [4.78, 5) is 17.0. The Morgan fingerprint density at radius 1 is 1.38 bits per heavy atom. The number of hydrogen-bond donors (Lipinski definition) is 1. The minimum atomic E-state index is -0.374. The van der Waals surface area contributed by atoms with E-state index in [4.69, 9.17) is 0 Å². The summed E-state index contributed by atoms with van der Waals surface area (Å²) in [5.74, 6) is 0.269. The molecule has 0 radical (unpaired) electrons. The van der Waals surface area contributed by atoms with Gasteiger partial charge in [-0.15, -0.1) is 0 Å². The van der Waals surface area contributed by atoms with E-state index in [2.05, 4.69) is 9.88 Å². The third-order valence-corrected chi connectivity index (χ3v) is 4.09. The molecule has 0 spiro atoms. The van der Waals surface area contributed by atoms with E-state index in [1.807, 2.05) is 6.07 Å². The molecular weight excluding hydrogens is 270 g/mol. The van der Waals surface area contributed by atoms with Crippen molar-refractivity contribution in [1.82, 2.24) is 4.98 Å². The number of hydrogen-bond acceptors (Lipinski definition) is 5. The van der Waals surface area contributed by atoms with Gasteiger partial charge in [-0.1, -0.05) is 0 Å². The van der Waals surface area contributed by atoms with Crippen LogP contribution in [0.5, 0.6) is 0 Å². The summed E-state index contributed by atoms with van der Waals surface area (Å²) >= 11 is 0. The van der Waals surface area contributed by atoms with E-state index in [1.54, 1.807) is 24.5 Å². The van der Waals surface area contributed by atoms with Crippen molar-refractivity contribution in [3.05, 3.63) is 40.7 Å². The number of aromatic nitrogens is 1. The Morgan fingerprint density at radius 3 is 3.00 bits per heavy atom. The van der Waals surface area contributed by atoms with E-state index in [1.165, 1.54) is 0 Å². The molecule has 0 amide bonds. The fourth-order valence-corrected chi connectivity index (χ4v) is 3.03. The SMILES string of the molecule is O=[N+]([O-])c1ccc(N2CCC[C@@H](CO)C2)c2ccncc12. The summed E-state index contributed by atoms with van der Waals surface area (Å²) in [6, 6.07) is 5.17. The minimum absolute atomic E-state index is 0.0811. The van der Waals surface area contributed by atoms with Gasteiger partial charge in [0, 0.05) is 49.2 Å². The van der Waals surface area contributed by atoms with E-state index in [0.29, 0.717) is 5.39 Å². The number of aliphatic hydroxyl groups excluding tert-OH is 1. The highest BCUT2D eigenvalue weighted by Crippen LogP contribution is 2.34. The second-order valence-electron chi connectivity index (χ2n) is 5.42. The monoisotopic (exact) mass is 287 g/mol. The molecule has 2 heterocycles. The summed E-state index contributed by atoms with van der Waals surface area (Å²) in [5, 5.41) is 21.9. The number of nitrogens with zero attached hydrogens (tertiary/aromatic N) is 3. The van der Waals surface area contributed by atoms with Crippen molar-refractivity contribution in [1.29, 1.82) is 0 Å². The van der Waals surface area contributed by atoms with Crippen LogP contribution in [0.2, 0.25) is 0 Å².